The van der Waals surface area contributed by atoms with Crippen molar-refractivity contribution < 1.29 is 9.53 Å². The summed E-state index contributed by atoms with van der Waals surface area (Å²) in [7, 11) is 1.59. The molecule has 0 aromatic heterocycles. The number of hydrogen-bond donors (Lipinski definition) is 2. The van der Waals surface area contributed by atoms with E-state index in [1.807, 2.05) is 18.7 Å². The lowest BCUT2D eigenvalue weighted by Crippen LogP contribution is -2.43. The summed E-state index contributed by atoms with van der Waals surface area (Å²) in [4.78, 5) is 14.6. The molecule has 116 valence electrons. The van der Waals surface area contributed by atoms with Gasteiger partial charge in [0.15, 0.2) is 0 Å². The van der Waals surface area contributed by atoms with Gasteiger partial charge >= 0.3 is 0 Å². The normalized spacial score (nSPS) is 17.8. The Balaban J connectivity index is 1.99. The number of thioether (sulfide) groups is 1. The van der Waals surface area contributed by atoms with Gasteiger partial charge in [0.25, 0.3) is 0 Å². The van der Waals surface area contributed by atoms with Gasteiger partial charge in [-0.15, -0.1) is 0 Å². The minimum atomic E-state index is -0.148. The molecule has 2 rings (SSSR count). The van der Waals surface area contributed by atoms with Crippen molar-refractivity contribution in [3.8, 4) is 5.75 Å². The van der Waals surface area contributed by atoms with Crippen molar-refractivity contribution in [2.75, 3.05) is 42.8 Å². The summed E-state index contributed by atoms with van der Waals surface area (Å²) in [5.74, 6) is 2.93. The number of carbonyl (C=O) groups is 1. The van der Waals surface area contributed by atoms with Gasteiger partial charge in [0.05, 0.1) is 24.5 Å². The van der Waals surface area contributed by atoms with E-state index in [1.165, 1.54) is 5.75 Å². The molecule has 1 aliphatic heterocycles. The van der Waals surface area contributed by atoms with Crippen LogP contribution in [0.3, 0.4) is 0 Å². The second-order valence-corrected chi connectivity index (χ2v) is 6.35. The molecule has 1 heterocycles. The van der Waals surface area contributed by atoms with Crippen LogP contribution in [0.4, 0.5) is 11.4 Å². The van der Waals surface area contributed by atoms with Crippen molar-refractivity contribution in [3.05, 3.63) is 18.2 Å². The molecule has 1 saturated heterocycles. The number of ether oxygens (including phenoxy) is 1. The fourth-order valence-corrected chi connectivity index (χ4v) is 3.24. The van der Waals surface area contributed by atoms with E-state index >= 15 is 0 Å². The van der Waals surface area contributed by atoms with Crippen LogP contribution in [0.5, 0.6) is 5.75 Å². The molecule has 1 unspecified atom stereocenters. The average Bonchev–Trinajstić information content (AvgIpc) is 2.77. The lowest BCUT2D eigenvalue weighted by Gasteiger charge is -2.26. The number of nitrogens with zero attached hydrogens (tertiary/aromatic N) is 1. The van der Waals surface area contributed by atoms with Gasteiger partial charge in [-0.25, -0.2) is 0 Å². The number of nitrogens with one attached hydrogen (secondary N) is 1. The Morgan fingerprint density at radius 1 is 1.43 bits per heavy atom. The first-order valence-corrected chi connectivity index (χ1v) is 8.33. The maximum atomic E-state index is 12.4. The van der Waals surface area contributed by atoms with Crippen molar-refractivity contribution in [2.45, 2.75) is 19.4 Å². The lowest BCUT2D eigenvalue weighted by atomic mass is 10.2. The summed E-state index contributed by atoms with van der Waals surface area (Å²) in [6.07, 6.45) is 1.13. The standard InChI is InChI=1S/C15H23N3O2S/c1-11(18-6-3-8-21-9-7-18)15(19)17-14-5-4-12(20-2)10-13(14)16/h4-5,10-11H,3,6-9,16H2,1-2H3,(H,17,19). The van der Waals surface area contributed by atoms with E-state index in [4.69, 9.17) is 10.5 Å². The Bertz CT molecular complexity index is 488. The monoisotopic (exact) mass is 309 g/mol. The second-order valence-electron chi connectivity index (χ2n) is 5.12. The molecule has 1 aliphatic rings. The van der Waals surface area contributed by atoms with E-state index in [0.29, 0.717) is 17.1 Å². The predicted molar refractivity (Wildman–Crippen MR) is 89.0 cm³/mol. The van der Waals surface area contributed by atoms with E-state index < -0.39 is 0 Å². The fourth-order valence-electron chi connectivity index (χ4n) is 2.34. The topological polar surface area (TPSA) is 67.6 Å². The molecule has 0 aliphatic carbocycles. The zero-order valence-electron chi connectivity index (χ0n) is 12.6. The first-order valence-electron chi connectivity index (χ1n) is 7.18. The molecular formula is C15H23N3O2S. The maximum absolute atomic E-state index is 12.4. The van der Waals surface area contributed by atoms with E-state index in [0.717, 1.165) is 25.3 Å². The Morgan fingerprint density at radius 2 is 2.24 bits per heavy atom. The number of amides is 1. The molecule has 3 N–H and O–H groups in total. The van der Waals surface area contributed by atoms with Gasteiger partial charge in [-0.3, -0.25) is 9.69 Å². The molecule has 0 saturated carbocycles. The molecule has 0 spiro atoms. The summed E-state index contributed by atoms with van der Waals surface area (Å²) >= 11 is 1.95. The van der Waals surface area contributed by atoms with Crippen molar-refractivity contribution in [2.24, 2.45) is 0 Å². The van der Waals surface area contributed by atoms with Gasteiger partial charge in [-0.05, 0) is 37.8 Å². The van der Waals surface area contributed by atoms with Gasteiger partial charge in [-0.1, -0.05) is 0 Å². The van der Waals surface area contributed by atoms with E-state index in [1.54, 1.807) is 25.3 Å². The number of methoxy groups -OCH3 is 1. The first kappa shape index (κ1) is 16.0. The number of anilines is 2. The second kappa shape index (κ2) is 7.56. The number of rotatable bonds is 4. The molecule has 1 aromatic rings. The highest BCUT2D eigenvalue weighted by atomic mass is 32.2. The highest BCUT2D eigenvalue weighted by molar-refractivity contribution is 7.99. The Kier molecular flexibility index (Phi) is 5.76. The molecular weight excluding hydrogens is 286 g/mol. The molecule has 1 fully saturated rings. The molecule has 1 amide bonds. The lowest BCUT2D eigenvalue weighted by molar-refractivity contribution is -0.120. The first-order chi connectivity index (χ1) is 10.1. The Labute approximate surface area is 130 Å². The third kappa shape index (κ3) is 4.28. The minimum Gasteiger partial charge on any atom is -0.497 e. The number of carbonyl (C=O) groups excluding carboxylic acids is 1. The number of nitrogens with two attached hydrogens (primary N) is 1. The molecule has 5 nitrogen and oxygen atoms in total. The summed E-state index contributed by atoms with van der Waals surface area (Å²) in [6.45, 7) is 3.88. The summed E-state index contributed by atoms with van der Waals surface area (Å²) in [6, 6.07) is 5.13. The molecule has 0 radical (unpaired) electrons. The van der Waals surface area contributed by atoms with Crippen LogP contribution in [0, 0.1) is 0 Å². The minimum absolute atomic E-state index is 0.0150. The van der Waals surface area contributed by atoms with Crippen LogP contribution in [0.15, 0.2) is 18.2 Å². The van der Waals surface area contributed by atoms with Gasteiger partial charge in [0, 0.05) is 18.4 Å². The van der Waals surface area contributed by atoms with Crippen molar-refractivity contribution >= 4 is 29.0 Å². The van der Waals surface area contributed by atoms with Gasteiger partial charge in [0.2, 0.25) is 5.91 Å². The van der Waals surface area contributed by atoms with Crippen LogP contribution in [0.2, 0.25) is 0 Å². The number of nitrogen functional groups attached to an aromatic ring is 1. The fraction of sp³-hybridized carbons (Fsp3) is 0.533. The Hall–Kier alpha value is -1.40. The van der Waals surface area contributed by atoms with E-state index in [-0.39, 0.29) is 11.9 Å². The van der Waals surface area contributed by atoms with Crippen LogP contribution in [-0.4, -0.2) is 48.6 Å². The highest BCUT2D eigenvalue weighted by Crippen LogP contribution is 2.24. The van der Waals surface area contributed by atoms with Gasteiger partial charge in [-0.2, -0.15) is 11.8 Å². The average molecular weight is 309 g/mol. The smallest absolute Gasteiger partial charge is 0.241 e. The molecule has 1 aromatic carbocycles. The van der Waals surface area contributed by atoms with Crippen molar-refractivity contribution in [1.82, 2.24) is 4.90 Å². The molecule has 21 heavy (non-hydrogen) atoms. The Morgan fingerprint density at radius 3 is 2.95 bits per heavy atom. The third-order valence-corrected chi connectivity index (χ3v) is 4.75. The third-order valence-electron chi connectivity index (χ3n) is 3.70. The summed E-state index contributed by atoms with van der Waals surface area (Å²) < 4.78 is 5.11. The molecule has 0 bridgehead atoms. The van der Waals surface area contributed by atoms with Crippen LogP contribution in [0.1, 0.15) is 13.3 Å². The van der Waals surface area contributed by atoms with Gasteiger partial charge in [0.1, 0.15) is 5.75 Å². The van der Waals surface area contributed by atoms with Gasteiger partial charge < -0.3 is 15.8 Å². The maximum Gasteiger partial charge on any atom is 0.241 e. The SMILES string of the molecule is COc1ccc(NC(=O)C(C)N2CCCSCC2)c(N)c1. The van der Waals surface area contributed by atoms with Crippen LogP contribution in [0.25, 0.3) is 0 Å². The van der Waals surface area contributed by atoms with Crippen LogP contribution < -0.4 is 15.8 Å². The molecule has 1 atom stereocenters. The molecule has 6 heteroatoms. The van der Waals surface area contributed by atoms with Crippen molar-refractivity contribution in [3.63, 3.8) is 0 Å². The highest BCUT2D eigenvalue weighted by Gasteiger charge is 2.22. The van der Waals surface area contributed by atoms with E-state index in [2.05, 4.69) is 10.2 Å². The zero-order chi connectivity index (χ0) is 15.2. The predicted octanol–water partition coefficient (Wildman–Crippen LogP) is 2.04. The largest absolute Gasteiger partial charge is 0.497 e. The van der Waals surface area contributed by atoms with Crippen molar-refractivity contribution in [1.29, 1.82) is 0 Å². The summed E-state index contributed by atoms with van der Waals surface area (Å²) in [5, 5.41) is 2.91. The quantitative estimate of drug-likeness (QED) is 0.833. The summed E-state index contributed by atoms with van der Waals surface area (Å²) in [5.41, 5.74) is 7.09. The number of hydrogen-bond acceptors (Lipinski definition) is 5. The van der Waals surface area contributed by atoms with Crippen LogP contribution in [-0.2, 0) is 4.79 Å². The zero-order valence-corrected chi connectivity index (χ0v) is 13.4. The van der Waals surface area contributed by atoms with Crippen LogP contribution >= 0.6 is 11.8 Å². The van der Waals surface area contributed by atoms with E-state index in [9.17, 15) is 4.79 Å². The number of benzene rings is 1.